The van der Waals surface area contributed by atoms with Crippen LogP contribution >= 0.6 is 0 Å². The molecule has 3 aliphatic rings. The highest BCUT2D eigenvalue weighted by molar-refractivity contribution is 5.89. The Morgan fingerprint density at radius 1 is 1.02 bits per heavy atom. The molecule has 0 radical (unpaired) electrons. The lowest BCUT2D eigenvalue weighted by molar-refractivity contribution is -0.147. The van der Waals surface area contributed by atoms with E-state index in [-0.39, 0.29) is 35.0 Å². The van der Waals surface area contributed by atoms with Crippen LogP contribution in [0.15, 0.2) is 24.3 Å². The normalized spacial score (nSPS) is 24.6. The van der Waals surface area contributed by atoms with E-state index in [1.165, 1.54) is 18.6 Å². The monoisotopic (exact) mass is 584 g/mol. The standard InChI is InChI=1S/C34H53FN4O3/c1-6-24-20-26(23-38(5)22-24)30(40)36-29(21-25-12-14-28(35)15-13-25)31(41)39-18-16-34(17-19-39,27-10-8-7-9-11-27)32(42)37-33(2,3)4/h12-15,24,26-27,29H,6-11,16-23H2,1-5H3,(H,36,40)(H,37,42)/t24-,26?,29-/m1/s1. The number of carbonyl (C=O) groups is 3. The van der Waals surface area contributed by atoms with E-state index >= 15 is 0 Å². The van der Waals surface area contributed by atoms with Gasteiger partial charge < -0.3 is 20.4 Å². The summed E-state index contributed by atoms with van der Waals surface area (Å²) >= 11 is 0. The maximum Gasteiger partial charge on any atom is 0.245 e. The summed E-state index contributed by atoms with van der Waals surface area (Å²) in [4.78, 5) is 45.5. The van der Waals surface area contributed by atoms with Crippen LogP contribution < -0.4 is 10.6 Å². The third kappa shape index (κ3) is 8.12. The van der Waals surface area contributed by atoms with Crippen molar-refractivity contribution in [3.8, 4) is 0 Å². The Balaban J connectivity index is 1.51. The summed E-state index contributed by atoms with van der Waals surface area (Å²) in [7, 11) is 2.05. The van der Waals surface area contributed by atoms with Crippen LogP contribution in [0.3, 0.4) is 0 Å². The second-order valence-electron chi connectivity index (χ2n) is 14.3. The van der Waals surface area contributed by atoms with Gasteiger partial charge in [-0.05, 0) is 89.5 Å². The summed E-state index contributed by atoms with van der Waals surface area (Å²) in [5.41, 5.74) is 0.0164. The summed E-state index contributed by atoms with van der Waals surface area (Å²) in [6.45, 7) is 10.9. The SMILES string of the molecule is CC[C@@H]1CC(C(=O)N[C@H](Cc2ccc(F)cc2)C(=O)N2CCC(C(=O)NC(C)(C)C)(C3CCCCC3)CC2)CN(C)C1. The van der Waals surface area contributed by atoms with E-state index < -0.39 is 11.5 Å². The van der Waals surface area contributed by atoms with Crippen molar-refractivity contribution in [2.24, 2.45) is 23.2 Å². The summed E-state index contributed by atoms with van der Waals surface area (Å²) in [5.74, 6) is 0.215. The molecule has 4 rings (SSSR count). The highest BCUT2D eigenvalue weighted by Gasteiger charge is 2.49. The van der Waals surface area contributed by atoms with Gasteiger partial charge in [0, 0.05) is 38.1 Å². The van der Waals surface area contributed by atoms with E-state index in [2.05, 4.69) is 22.5 Å². The van der Waals surface area contributed by atoms with Gasteiger partial charge >= 0.3 is 0 Å². The molecule has 3 amide bonds. The molecule has 2 N–H and O–H groups in total. The second-order valence-corrected chi connectivity index (χ2v) is 14.3. The lowest BCUT2D eigenvalue weighted by Gasteiger charge is -2.48. The average molecular weight is 585 g/mol. The van der Waals surface area contributed by atoms with Crippen molar-refractivity contribution in [3.63, 3.8) is 0 Å². The molecule has 234 valence electrons. The van der Waals surface area contributed by atoms with E-state index in [0.717, 1.165) is 50.6 Å². The number of likely N-dealkylation sites (tertiary alicyclic amines) is 2. The molecule has 1 aliphatic carbocycles. The molecule has 8 heteroatoms. The van der Waals surface area contributed by atoms with Crippen molar-refractivity contribution in [1.29, 1.82) is 0 Å². The summed E-state index contributed by atoms with van der Waals surface area (Å²) in [6, 6.07) is 5.43. The van der Waals surface area contributed by atoms with Crippen molar-refractivity contribution < 1.29 is 18.8 Å². The number of nitrogens with zero attached hydrogens (tertiary/aromatic N) is 2. The molecule has 7 nitrogen and oxygen atoms in total. The minimum atomic E-state index is -0.735. The molecule has 2 aliphatic heterocycles. The van der Waals surface area contributed by atoms with Gasteiger partial charge in [-0.3, -0.25) is 14.4 Å². The van der Waals surface area contributed by atoms with Crippen LogP contribution in [-0.2, 0) is 20.8 Å². The van der Waals surface area contributed by atoms with E-state index in [9.17, 15) is 18.8 Å². The van der Waals surface area contributed by atoms with Gasteiger partial charge in [0.25, 0.3) is 0 Å². The van der Waals surface area contributed by atoms with Gasteiger partial charge in [-0.2, -0.15) is 0 Å². The number of rotatable bonds is 8. The van der Waals surface area contributed by atoms with Crippen LogP contribution in [0.5, 0.6) is 0 Å². The molecule has 1 aromatic carbocycles. The molecule has 42 heavy (non-hydrogen) atoms. The predicted molar refractivity (Wildman–Crippen MR) is 164 cm³/mol. The Morgan fingerprint density at radius 3 is 2.26 bits per heavy atom. The zero-order chi connectivity index (χ0) is 30.5. The van der Waals surface area contributed by atoms with E-state index in [0.29, 0.717) is 50.7 Å². The first-order valence-corrected chi connectivity index (χ1v) is 16.2. The molecule has 2 saturated heterocycles. The number of benzene rings is 1. The quantitative estimate of drug-likeness (QED) is 0.454. The largest absolute Gasteiger partial charge is 0.351 e. The van der Waals surface area contributed by atoms with Crippen LogP contribution in [0.1, 0.15) is 91.0 Å². The first-order valence-electron chi connectivity index (χ1n) is 16.2. The van der Waals surface area contributed by atoms with E-state index in [1.807, 2.05) is 32.7 Å². The maximum absolute atomic E-state index is 14.1. The molecule has 1 aromatic rings. The topological polar surface area (TPSA) is 81.8 Å². The van der Waals surface area contributed by atoms with Crippen molar-refractivity contribution in [1.82, 2.24) is 20.4 Å². The first-order chi connectivity index (χ1) is 19.9. The fraction of sp³-hybridized carbons (Fsp3) is 0.735. The van der Waals surface area contributed by atoms with Gasteiger partial charge in [0.05, 0.1) is 11.3 Å². The maximum atomic E-state index is 14.1. The van der Waals surface area contributed by atoms with Crippen molar-refractivity contribution >= 4 is 17.7 Å². The molecule has 0 bridgehead atoms. The number of carbonyl (C=O) groups excluding carboxylic acids is 3. The third-order valence-corrected chi connectivity index (χ3v) is 9.93. The van der Waals surface area contributed by atoms with Gasteiger partial charge in [0.15, 0.2) is 0 Å². The van der Waals surface area contributed by atoms with Gasteiger partial charge in [-0.1, -0.05) is 44.7 Å². The van der Waals surface area contributed by atoms with Gasteiger partial charge in [0.2, 0.25) is 17.7 Å². The summed E-state index contributed by atoms with van der Waals surface area (Å²) in [5, 5.41) is 6.39. The minimum absolute atomic E-state index is 0.0846. The Kier molecular flexibility index (Phi) is 10.7. The van der Waals surface area contributed by atoms with Gasteiger partial charge in [-0.25, -0.2) is 4.39 Å². The molecular weight excluding hydrogens is 531 g/mol. The van der Waals surface area contributed by atoms with Gasteiger partial charge in [0.1, 0.15) is 11.9 Å². The Hall–Kier alpha value is -2.48. The number of piperidine rings is 2. The summed E-state index contributed by atoms with van der Waals surface area (Å²) < 4.78 is 13.6. The molecule has 0 aromatic heterocycles. The van der Waals surface area contributed by atoms with Crippen molar-refractivity contribution in [3.05, 3.63) is 35.6 Å². The van der Waals surface area contributed by atoms with Crippen molar-refractivity contribution in [2.45, 2.75) is 103 Å². The number of hydrogen-bond acceptors (Lipinski definition) is 4. The van der Waals surface area contributed by atoms with E-state index in [4.69, 9.17) is 0 Å². The second kappa shape index (κ2) is 13.9. The van der Waals surface area contributed by atoms with Crippen LogP contribution in [-0.4, -0.2) is 72.3 Å². The van der Waals surface area contributed by atoms with Crippen LogP contribution in [0.4, 0.5) is 4.39 Å². The van der Waals surface area contributed by atoms with Crippen LogP contribution in [0, 0.1) is 29.0 Å². The zero-order valence-corrected chi connectivity index (χ0v) is 26.5. The summed E-state index contributed by atoms with van der Waals surface area (Å²) in [6.07, 6.45) is 9.05. The van der Waals surface area contributed by atoms with Crippen molar-refractivity contribution in [2.75, 3.05) is 33.2 Å². The molecule has 1 saturated carbocycles. The molecule has 2 heterocycles. The minimum Gasteiger partial charge on any atom is -0.351 e. The lowest BCUT2D eigenvalue weighted by atomic mass is 9.63. The van der Waals surface area contributed by atoms with E-state index in [1.54, 1.807) is 12.1 Å². The molecule has 3 atom stereocenters. The predicted octanol–water partition coefficient (Wildman–Crippen LogP) is 4.93. The smallest absolute Gasteiger partial charge is 0.245 e. The average Bonchev–Trinajstić information content (AvgIpc) is 2.96. The number of hydrogen-bond donors (Lipinski definition) is 2. The number of halogens is 1. The fourth-order valence-electron chi connectivity index (χ4n) is 7.56. The number of nitrogens with one attached hydrogen (secondary N) is 2. The Labute approximate surface area is 252 Å². The van der Waals surface area contributed by atoms with Crippen LogP contribution in [0.2, 0.25) is 0 Å². The highest BCUT2D eigenvalue weighted by Crippen LogP contribution is 2.46. The lowest BCUT2D eigenvalue weighted by Crippen LogP contribution is -2.59. The fourth-order valence-corrected chi connectivity index (χ4v) is 7.56. The molecular formula is C34H53FN4O3. The Morgan fingerprint density at radius 2 is 1.67 bits per heavy atom. The first kappa shape index (κ1) is 32.4. The highest BCUT2D eigenvalue weighted by atomic mass is 19.1. The van der Waals surface area contributed by atoms with Gasteiger partial charge in [-0.15, -0.1) is 0 Å². The Bertz CT molecular complexity index is 1070. The third-order valence-electron chi connectivity index (χ3n) is 9.93. The van der Waals surface area contributed by atoms with Crippen LogP contribution in [0.25, 0.3) is 0 Å². The molecule has 0 spiro atoms. The zero-order valence-electron chi connectivity index (χ0n) is 26.5. The molecule has 1 unspecified atom stereocenters. The molecule has 3 fully saturated rings. The number of amides is 3.